The number of carbonyl (C=O) groups excluding carboxylic acids is 2. The summed E-state index contributed by atoms with van der Waals surface area (Å²) in [5.74, 6) is 1.18. The van der Waals surface area contributed by atoms with Crippen LogP contribution in [0, 0.1) is 0 Å². The Labute approximate surface area is 162 Å². The zero-order chi connectivity index (χ0) is 19.2. The molecule has 27 heavy (non-hydrogen) atoms. The predicted molar refractivity (Wildman–Crippen MR) is 104 cm³/mol. The van der Waals surface area contributed by atoms with E-state index in [9.17, 15) is 9.59 Å². The van der Waals surface area contributed by atoms with Crippen molar-refractivity contribution >= 4 is 28.9 Å². The summed E-state index contributed by atoms with van der Waals surface area (Å²) in [7, 11) is 1.64. The molecule has 3 amide bonds. The Morgan fingerprint density at radius 1 is 1.26 bits per heavy atom. The first-order valence-corrected chi connectivity index (χ1v) is 9.94. The van der Waals surface area contributed by atoms with Crippen LogP contribution in [0.15, 0.2) is 35.3 Å². The van der Waals surface area contributed by atoms with Crippen LogP contribution in [-0.4, -0.2) is 76.8 Å². The van der Waals surface area contributed by atoms with Gasteiger partial charge in [0.1, 0.15) is 5.75 Å². The third kappa shape index (κ3) is 4.54. The summed E-state index contributed by atoms with van der Waals surface area (Å²) in [4.78, 5) is 32.3. The molecule has 0 bridgehead atoms. The number of nitrogens with one attached hydrogen (secondary N) is 1. The molecule has 2 aliphatic heterocycles. The van der Waals surface area contributed by atoms with Crippen molar-refractivity contribution in [1.29, 1.82) is 0 Å². The van der Waals surface area contributed by atoms with E-state index < -0.39 is 18.2 Å². The highest BCUT2D eigenvalue weighted by molar-refractivity contribution is 8.13. The number of hydrogen-bond donors (Lipinski definition) is 2. The fraction of sp³-hybridized carbons (Fsp3) is 0.500. The lowest BCUT2D eigenvalue weighted by molar-refractivity contribution is -0.127. The number of fused-ring (bicyclic) bond motifs is 1. The number of amides is 3. The van der Waals surface area contributed by atoms with Crippen molar-refractivity contribution in [3.05, 3.63) is 30.3 Å². The summed E-state index contributed by atoms with van der Waals surface area (Å²) < 4.78 is 5.73. The lowest BCUT2D eigenvalue weighted by atomic mass is 10.1. The number of likely N-dealkylation sites (N-methyl/N-ethyl adjacent to an activating group) is 1. The van der Waals surface area contributed by atoms with Crippen molar-refractivity contribution < 1.29 is 19.4 Å². The van der Waals surface area contributed by atoms with Crippen LogP contribution in [0.4, 0.5) is 4.79 Å². The smallest absolute Gasteiger partial charge is 0.325 e. The number of urea groups is 1. The number of amidine groups is 1. The first-order valence-electron chi connectivity index (χ1n) is 8.95. The second-order valence-electron chi connectivity index (χ2n) is 6.31. The molecule has 0 spiro atoms. The molecule has 2 atom stereocenters. The number of imide groups is 1. The number of aliphatic imine (C=N–C) groups is 1. The molecule has 0 radical (unpaired) electrons. The first-order chi connectivity index (χ1) is 13.1. The second kappa shape index (κ2) is 9.09. The van der Waals surface area contributed by atoms with Crippen LogP contribution in [0.5, 0.6) is 5.75 Å². The molecule has 2 heterocycles. The minimum atomic E-state index is -0.527. The number of rotatable bonds is 8. The van der Waals surface area contributed by atoms with E-state index >= 15 is 0 Å². The molecule has 2 aliphatic rings. The van der Waals surface area contributed by atoms with Crippen LogP contribution in [0.1, 0.15) is 12.8 Å². The van der Waals surface area contributed by atoms with Crippen LogP contribution >= 0.6 is 11.8 Å². The number of hydrogen-bond acceptors (Lipinski definition) is 7. The molecule has 146 valence electrons. The molecule has 0 aliphatic carbocycles. The Morgan fingerprint density at radius 3 is 2.78 bits per heavy atom. The third-order valence-electron chi connectivity index (χ3n) is 4.41. The zero-order valence-electron chi connectivity index (χ0n) is 15.2. The van der Waals surface area contributed by atoms with Gasteiger partial charge in [-0.05, 0) is 25.0 Å². The summed E-state index contributed by atoms with van der Waals surface area (Å²) in [6.45, 7) is 1.22. The van der Waals surface area contributed by atoms with Gasteiger partial charge >= 0.3 is 6.03 Å². The van der Waals surface area contributed by atoms with Crippen LogP contribution < -0.4 is 10.1 Å². The molecule has 1 fully saturated rings. The van der Waals surface area contributed by atoms with Gasteiger partial charge in [-0.15, -0.1) is 0 Å². The Kier molecular flexibility index (Phi) is 6.57. The number of nitrogens with zero attached hydrogens (tertiary/aromatic N) is 3. The molecular formula is C18H24N4O4S. The van der Waals surface area contributed by atoms with E-state index in [0.29, 0.717) is 31.7 Å². The van der Waals surface area contributed by atoms with Crippen molar-refractivity contribution in [2.75, 3.05) is 32.6 Å². The Hall–Kier alpha value is -2.26. The average molecular weight is 392 g/mol. The van der Waals surface area contributed by atoms with E-state index in [2.05, 4.69) is 10.3 Å². The maximum absolute atomic E-state index is 12.4. The monoisotopic (exact) mass is 392 g/mol. The maximum Gasteiger partial charge on any atom is 0.325 e. The first kappa shape index (κ1) is 19.5. The number of aliphatic hydroxyl groups excluding tert-OH is 1. The number of thioether (sulfide) groups is 1. The Morgan fingerprint density at radius 2 is 2.04 bits per heavy atom. The van der Waals surface area contributed by atoms with Crippen LogP contribution in [0.2, 0.25) is 0 Å². The third-order valence-corrected chi connectivity index (χ3v) is 5.50. The van der Waals surface area contributed by atoms with Gasteiger partial charge in [0.05, 0.1) is 6.61 Å². The van der Waals surface area contributed by atoms with Gasteiger partial charge in [-0.3, -0.25) is 10.1 Å². The van der Waals surface area contributed by atoms with Crippen LogP contribution in [0.3, 0.4) is 0 Å². The molecule has 8 nitrogen and oxygen atoms in total. The topological polar surface area (TPSA) is 94.5 Å². The quantitative estimate of drug-likeness (QED) is 0.644. The van der Waals surface area contributed by atoms with Gasteiger partial charge in [0.25, 0.3) is 5.91 Å². The molecule has 2 N–H and O–H groups in total. The largest absolute Gasteiger partial charge is 0.494 e. The summed E-state index contributed by atoms with van der Waals surface area (Å²) >= 11 is 1.50. The lowest BCUT2D eigenvalue weighted by Gasteiger charge is -2.36. The standard InChI is InChI=1S/C18H24N4O4S/c1-21-15-14(16(24)20-17(21)25)22(18(19-15)27-12-6-10-23)9-5-11-26-13-7-3-2-4-8-13/h2-4,7-8,14-15,23H,5-6,9-12H2,1H3,(H,20,24,25). The summed E-state index contributed by atoms with van der Waals surface area (Å²) in [5, 5.41) is 12.1. The van der Waals surface area contributed by atoms with E-state index in [1.165, 1.54) is 16.7 Å². The van der Waals surface area contributed by atoms with Gasteiger partial charge < -0.3 is 19.6 Å². The van der Waals surface area contributed by atoms with Crippen molar-refractivity contribution in [1.82, 2.24) is 15.1 Å². The minimum absolute atomic E-state index is 0.108. The van der Waals surface area contributed by atoms with Crippen LogP contribution in [0.25, 0.3) is 0 Å². The van der Waals surface area contributed by atoms with Gasteiger partial charge in [0.2, 0.25) is 0 Å². The Balaban J connectivity index is 1.63. The summed E-state index contributed by atoms with van der Waals surface area (Å²) in [6, 6.07) is 8.62. The molecule has 1 saturated heterocycles. The van der Waals surface area contributed by atoms with Crippen molar-refractivity contribution in [3.63, 3.8) is 0 Å². The van der Waals surface area contributed by atoms with Crippen molar-refractivity contribution in [2.24, 2.45) is 4.99 Å². The van der Waals surface area contributed by atoms with Gasteiger partial charge in [-0.2, -0.15) is 0 Å². The molecule has 0 saturated carbocycles. The number of aliphatic hydroxyl groups is 1. The van der Waals surface area contributed by atoms with E-state index in [1.54, 1.807) is 7.05 Å². The SMILES string of the molecule is CN1C(=O)NC(=O)C2C1N=C(SCCCO)N2CCCOc1ccccc1. The van der Waals surface area contributed by atoms with E-state index in [-0.39, 0.29) is 12.5 Å². The summed E-state index contributed by atoms with van der Waals surface area (Å²) in [5.41, 5.74) is 0. The van der Waals surface area contributed by atoms with Crippen molar-refractivity contribution in [2.45, 2.75) is 25.0 Å². The average Bonchev–Trinajstić information content (AvgIpc) is 3.04. The predicted octanol–water partition coefficient (Wildman–Crippen LogP) is 1.12. The molecular weight excluding hydrogens is 368 g/mol. The molecule has 2 unspecified atom stereocenters. The maximum atomic E-state index is 12.4. The van der Waals surface area contributed by atoms with Gasteiger partial charge in [0.15, 0.2) is 17.4 Å². The minimum Gasteiger partial charge on any atom is -0.494 e. The number of benzene rings is 1. The molecule has 1 aromatic carbocycles. The van der Waals surface area contributed by atoms with Gasteiger partial charge in [-0.1, -0.05) is 30.0 Å². The zero-order valence-corrected chi connectivity index (χ0v) is 16.0. The fourth-order valence-electron chi connectivity index (χ4n) is 3.03. The van der Waals surface area contributed by atoms with E-state index in [0.717, 1.165) is 10.9 Å². The lowest BCUT2D eigenvalue weighted by Crippen LogP contribution is -2.63. The normalized spacial score (nSPS) is 21.8. The highest BCUT2D eigenvalue weighted by Gasteiger charge is 2.48. The highest BCUT2D eigenvalue weighted by Crippen LogP contribution is 2.28. The number of ether oxygens (including phenoxy) is 1. The van der Waals surface area contributed by atoms with Crippen molar-refractivity contribution in [3.8, 4) is 5.75 Å². The molecule has 1 aromatic rings. The molecule has 9 heteroatoms. The summed E-state index contributed by atoms with van der Waals surface area (Å²) in [6.07, 6.45) is 0.839. The van der Waals surface area contributed by atoms with Gasteiger partial charge in [0, 0.05) is 26.0 Å². The van der Waals surface area contributed by atoms with E-state index in [4.69, 9.17) is 9.84 Å². The Bertz CT molecular complexity index is 700. The fourth-order valence-corrected chi connectivity index (χ4v) is 4.03. The van der Waals surface area contributed by atoms with Crippen LogP contribution in [-0.2, 0) is 4.79 Å². The van der Waals surface area contributed by atoms with Gasteiger partial charge in [-0.25, -0.2) is 9.79 Å². The number of carbonyl (C=O) groups is 2. The van der Waals surface area contributed by atoms with E-state index in [1.807, 2.05) is 35.2 Å². The molecule has 3 rings (SSSR count). The molecule has 0 aromatic heterocycles. The number of para-hydroxylation sites is 1. The second-order valence-corrected chi connectivity index (χ2v) is 7.37. The highest BCUT2D eigenvalue weighted by atomic mass is 32.2.